The van der Waals surface area contributed by atoms with E-state index in [4.69, 9.17) is 37.0 Å². The fourth-order valence-corrected chi connectivity index (χ4v) is 13.9. The van der Waals surface area contributed by atoms with Crippen molar-refractivity contribution in [2.45, 2.75) is 433 Å². The van der Waals surface area contributed by atoms with Crippen LogP contribution in [-0.2, 0) is 65.4 Å². The summed E-state index contributed by atoms with van der Waals surface area (Å²) in [5.74, 6) is 0.161. The second-order valence-electron chi connectivity index (χ2n) is 30.2. The number of carbonyl (C=O) groups excluding carboxylic acids is 4. The number of rotatable bonds is 78. The molecule has 0 heterocycles. The molecule has 17 nitrogen and oxygen atoms in total. The Balaban J connectivity index is 5.23. The highest BCUT2D eigenvalue weighted by molar-refractivity contribution is 7.47. The molecular weight excluding hydrogens is 1290 g/mol. The zero-order chi connectivity index (χ0) is 73.0. The van der Waals surface area contributed by atoms with Gasteiger partial charge in [0.25, 0.3) is 0 Å². The summed E-state index contributed by atoms with van der Waals surface area (Å²) >= 11 is 0. The lowest BCUT2D eigenvalue weighted by Crippen LogP contribution is -2.30. The highest BCUT2D eigenvalue weighted by Crippen LogP contribution is 2.45. The highest BCUT2D eigenvalue weighted by Gasteiger charge is 2.30. The summed E-state index contributed by atoms with van der Waals surface area (Å²) in [5, 5.41) is 10.6. The van der Waals surface area contributed by atoms with Crippen LogP contribution in [0.5, 0.6) is 0 Å². The Bertz CT molecular complexity index is 1920. The van der Waals surface area contributed by atoms with Crippen LogP contribution in [0.15, 0.2) is 0 Å². The van der Waals surface area contributed by atoms with Crippen molar-refractivity contribution in [1.29, 1.82) is 0 Å². The van der Waals surface area contributed by atoms with E-state index in [1.807, 2.05) is 0 Å². The fraction of sp³-hybridized carbons (Fsp3) is 0.950. The fourth-order valence-electron chi connectivity index (χ4n) is 12.3. The molecule has 0 aliphatic heterocycles. The van der Waals surface area contributed by atoms with E-state index in [9.17, 15) is 43.2 Å². The quantitative estimate of drug-likeness (QED) is 0.0222. The predicted molar refractivity (Wildman–Crippen MR) is 405 cm³/mol. The maximum Gasteiger partial charge on any atom is 0.472 e. The summed E-state index contributed by atoms with van der Waals surface area (Å²) in [6.45, 7) is 11.9. The Morgan fingerprint density at radius 3 is 0.687 bits per heavy atom. The Morgan fingerprint density at radius 1 is 0.273 bits per heavy atom. The van der Waals surface area contributed by atoms with E-state index < -0.39 is 97.5 Å². The molecule has 2 unspecified atom stereocenters. The third-order valence-corrected chi connectivity index (χ3v) is 20.5. The molecule has 0 amide bonds. The first-order valence-corrected chi connectivity index (χ1v) is 44.3. The van der Waals surface area contributed by atoms with Crippen LogP contribution in [0.3, 0.4) is 0 Å². The van der Waals surface area contributed by atoms with E-state index in [1.165, 1.54) is 218 Å². The van der Waals surface area contributed by atoms with Crippen molar-refractivity contribution in [3.63, 3.8) is 0 Å². The lowest BCUT2D eigenvalue weighted by Gasteiger charge is -2.21. The van der Waals surface area contributed by atoms with Crippen LogP contribution in [0.1, 0.15) is 414 Å². The van der Waals surface area contributed by atoms with E-state index in [0.717, 1.165) is 108 Å². The van der Waals surface area contributed by atoms with Gasteiger partial charge in [-0.05, 0) is 43.4 Å². The molecule has 0 aromatic heterocycles. The molecule has 0 aliphatic rings. The van der Waals surface area contributed by atoms with Gasteiger partial charge in [-0.15, -0.1) is 0 Å². The van der Waals surface area contributed by atoms with Crippen LogP contribution in [0.25, 0.3) is 0 Å². The molecule has 0 aromatic carbocycles. The molecule has 0 radical (unpaired) electrons. The molecule has 588 valence electrons. The minimum absolute atomic E-state index is 0.107. The second kappa shape index (κ2) is 70.4. The van der Waals surface area contributed by atoms with Gasteiger partial charge in [0.1, 0.15) is 19.3 Å². The van der Waals surface area contributed by atoms with Crippen LogP contribution >= 0.6 is 15.6 Å². The molecule has 0 saturated carbocycles. The molecule has 3 N–H and O–H groups in total. The number of aliphatic hydroxyl groups is 1. The lowest BCUT2D eigenvalue weighted by atomic mass is 10.0. The summed E-state index contributed by atoms with van der Waals surface area (Å²) in [7, 11) is -9.92. The second-order valence-corrected chi connectivity index (χ2v) is 33.1. The van der Waals surface area contributed by atoms with Gasteiger partial charge in [-0.25, -0.2) is 9.13 Å². The van der Waals surface area contributed by atoms with Crippen LogP contribution < -0.4 is 0 Å². The number of unbranched alkanes of at least 4 members (excludes halogenated alkanes) is 46. The molecule has 0 bridgehead atoms. The topological polar surface area (TPSA) is 237 Å². The van der Waals surface area contributed by atoms with Gasteiger partial charge in [0, 0.05) is 25.7 Å². The summed E-state index contributed by atoms with van der Waals surface area (Å²) in [6, 6.07) is 0. The molecule has 0 aliphatic carbocycles. The van der Waals surface area contributed by atoms with Crippen LogP contribution in [0, 0.1) is 17.8 Å². The Labute approximate surface area is 607 Å². The van der Waals surface area contributed by atoms with Gasteiger partial charge in [0.15, 0.2) is 12.2 Å². The zero-order valence-electron chi connectivity index (χ0n) is 65.0. The standard InChI is InChI=1S/C80H156O17P2/c1-8-9-10-11-12-13-14-15-16-17-25-30-35-40-49-56-64-80(85)97-76(68-91-78(83)62-55-48-43-42-46-53-60-73(6)7)70-95-99(88,89)93-66-74(81)65-92-98(86,87)94-69-75(96-79(84)63-57-50-41-36-31-26-21-19-23-28-33-38-45-52-59-72(4)5)67-90-77(82)61-54-47-39-34-29-24-20-18-22-27-32-37-44-51-58-71(2)3/h71-76,81H,8-70H2,1-7H3,(H,86,87)(H,88,89)/t74-,75-,76-/m1/s1. The zero-order valence-corrected chi connectivity index (χ0v) is 66.8. The van der Waals surface area contributed by atoms with E-state index in [-0.39, 0.29) is 25.7 Å². The summed E-state index contributed by atoms with van der Waals surface area (Å²) in [6.07, 6.45) is 58.4. The maximum absolute atomic E-state index is 13.1. The molecule has 99 heavy (non-hydrogen) atoms. The molecule has 19 heteroatoms. The van der Waals surface area contributed by atoms with Gasteiger partial charge < -0.3 is 33.8 Å². The SMILES string of the molecule is CCCCCCCCCCCCCCCCCCC(=O)O[C@H](COC(=O)CCCCCCCCC(C)C)COP(=O)(O)OC[C@H](O)COP(=O)(O)OC[C@@H](COC(=O)CCCCCCCCCCCCCCCCC(C)C)OC(=O)CCCCCCCCCCCCCCCCC(C)C. The van der Waals surface area contributed by atoms with Gasteiger partial charge in [-0.2, -0.15) is 0 Å². The number of ether oxygens (including phenoxy) is 4. The number of hydrogen-bond donors (Lipinski definition) is 3. The highest BCUT2D eigenvalue weighted by atomic mass is 31.2. The Hall–Kier alpha value is -1.94. The van der Waals surface area contributed by atoms with Gasteiger partial charge in [0.2, 0.25) is 0 Å². The van der Waals surface area contributed by atoms with Gasteiger partial charge >= 0.3 is 39.5 Å². The molecule has 0 spiro atoms. The average Bonchev–Trinajstić information content (AvgIpc) is 1.11. The van der Waals surface area contributed by atoms with Crippen LogP contribution in [0.2, 0.25) is 0 Å². The number of carbonyl (C=O) groups is 4. The van der Waals surface area contributed by atoms with Crippen molar-refractivity contribution < 1.29 is 80.2 Å². The van der Waals surface area contributed by atoms with Crippen molar-refractivity contribution >= 4 is 39.5 Å². The first-order chi connectivity index (χ1) is 47.7. The van der Waals surface area contributed by atoms with E-state index in [1.54, 1.807) is 0 Å². The summed E-state index contributed by atoms with van der Waals surface area (Å²) < 4.78 is 68.7. The van der Waals surface area contributed by atoms with Crippen LogP contribution in [-0.4, -0.2) is 96.7 Å². The largest absolute Gasteiger partial charge is 0.472 e. The van der Waals surface area contributed by atoms with Gasteiger partial charge in [0.05, 0.1) is 26.4 Å². The first-order valence-electron chi connectivity index (χ1n) is 41.3. The molecule has 0 aromatic rings. The number of phosphoric ester groups is 2. The monoisotopic (exact) mass is 1450 g/mol. The molecule has 0 rings (SSSR count). The lowest BCUT2D eigenvalue weighted by molar-refractivity contribution is -0.161. The minimum Gasteiger partial charge on any atom is -0.462 e. The summed E-state index contributed by atoms with van der Waals surface area (Å²) in [5.41, 5.74) is 0. The Morgan fingerprint density at radius 2 is 0.465 bits per heavy atom. The first kappa shape index (κ1) is 97.1. The number of esters is 4. The van der Waals surface area contributed by atoms with Crippen LogP contribution in [0.4, 0.5) is 0 Å². The van der Waals surface area contributed by atoms with Gasteiger partial charge in [-0.1, -0.05) is 363 Å². The smallest absolute Gasteiger partial charge is 0.462 e. The predicted octanol–water partition coefficient (Wildman–Crippen LogP) is 23.7. The van der Waals surface area contributed by atoms with Crippen molar-refractivity contribution in [2.24, 2.45) is 17.8 Å². The number of phosphoric acid groups is 2. The van der Waals surface area contributed by atoms with Gasteiger partial charge in [-0.3, -0.25) is 37.3 Å². The van der Waals surface area contributed by atoms with E-state index in [2.05, 4.69) is 48.5 Å². The van der Waals surface area contributed by atoms with Crippen molar-refractivity contribution in [3.8, 4) is 0 Å². The maximum atomic E-state index is 13.1. The van der Waals surface area contributed by atoms with Crippen molar-refractivity contribution in [2.75, 3.05) is 39.6 Å². The number of aliphatic hydroxyl groups excluding tert-OH is 1. The third-order valence-electron chi connectivity index (χ3n) is 18.6. The molecule has 0 fully saturated rings. The third kappa shape index (κ3) is 74.1. The van der Waals surface area contributed by atoms with E-state index >= 15 is 0 Å². The summed E-state index contributed by atoms with van der Waals surface area (Å²) in [4.78, 5) is 73.0. The normalized spacial score (nSPS) is 14.0. The molecule has 0 saturated heterocycles. The minimum atomic E-state index is -4.96. The van der Waals surface area contributed by atoms with Crippen molar-refractivity contribution in [3.05, 3.63) is 0 Å². The Kier molecular flexibility index (Phi) is 69.0. The number of hydrogen-bond acceptors (Lipinski definition) is 15. The van der Waals surface area contributed by atoms with E-state index in [0.29, 0.717) is 31.6 Å². The molecule has 5 atom stereocenters. The average molecular weight is 1450 g/mol. The van der Waals surface area contributed by atoms with Crippen molar-refractivity contribution in [1.82, 2.24) is 0 Å². The molecular formula is C80H156O17P2.